The van der Waals surface area contributed by atoms with Gasteiger partial charge in [-0.2, -0.15) is 0 Å². The van der Waals surface area contributed by atoms with Crippen LogP contribution in [0, 0.1) is 0 Å². The maximum absolute atomic E-state index is 10.7. The second kappa shape index (κ2) is 8.34. The number of benzene rings is 2. The molecule has 0 bridgehead atoms. The Balaban J connectivity index is 2.28. The van der Waals surface area contributed by atoms with E-state index in [1.165, 1.54) is 11.1 Å². The van der Waals surface area contributed by atoms with Crippen LogP contribution in [0.3, 0.4) is 0 Å². The van der Waals surface area contributed by atoms with Crippen molar-refractivity contribution >= 4 is 0 Å². The predicted molar refractivity (Wildman–Crippen MR) is 119 cm³/mol. The molecule has 1 heterocycles. The van der Waals surface area contributed by atoms with E-state index in [0.717, 1.165) is 48.1 Å². The van der Waals surface area contributed by atoms with Crippen LogP contribution in [0.4, 0.5) is 0 Å². The van der Waals surface area contributed by atoms with Crippen molar-refractivity contribution in [1.29, 1.82) is 0 Å². The number of hydrogen-bond acceptors (Lipinski definition) is 5. The van der Waals surface area contributed by atoms with Crippen molar-refractivity contribution in [2.75, 3.05) is 21.1 Å². The van der Waals surface area contributed by atoms with Gasteiger partial charge in [-0.3, -0.25) is 10.6 Å². The Morgan fingerprint density at radius 1 is 0.897 bits per heavy atom. The van der Waals surface area contributed by atoms with Gasteiger partial charge in [0.15, 0.2) is 0 Å². The number of nitrogens with one attached hydrogen (secondary N) is 3. The fourth-order valence-corrected chi connectivity index (χ4v) is 4.67. The molecule has 2 aromatic rings. The molecular formula is C24H35N3O2. The Labute approximate surface area is 174 Å². The predicted octanol–water partition coefficient (Wildman–Crippen LogP) is 3.22. The van der Waals surface area contributed by atoms with E-state index in [1.54, 1.807) is 0 Å². The molecule has 4 N–H and O–H groups in total. The van der Waals surface area contributed by atoms with Gasteiger partial charge in [-0.05, 0) is 86.4 Å². The van der Waals surface area contributed by atoms with Crippen molar-refractivity contribution in [2.24, 2.45) is 0 Å². The third-order valence-corrected chi connectivity index (χ3v) is 6.51. The van der Waals surface area contributed by atoms with Gasteiger partial charge < -0.3 is 15.2 Å². The van der Waals surface area contributed by atoms with Crippen LogP contribution in [0.5, 0.6) is 11.5 Å². The van der Waals surface area contributed by atoms with Gasteiger partial charge in [0, 0.05) is 6.42 Å². The van der Waals surface area contributed by atoms with Gasteiger partial charge in [0.2, 0.25) is 5.85 Å². The number of aromatic hydroxyl groups is 1. The zero-order chi connectivity index (χ0) is 21.2. The Bertz CT molecular complexity index is 851. The van der Waals surface area contributed by atoms with Crippen LogP contribution in [-0.2, 0) is 31.2 Å². The molecule has 5 nitrogen and oxygen atoms in total. The number of likely N-dealkylation sites (N-methyl/N-ethyl adjacent to an activating group) is 3. The molecule has 158 valence electrons. The monoisotopic (exact) mass is 397 g/mol. The van der Waals surface area contributed by atoms with Crippen LogP contribution in [0.25, 0.3) is 0 Å². The SMILES string of the molecule is CCc1ccc2c(c1)CC(NC)(c1cc(CC)c(O)c(CC)c1)C(NC)(NC)O2. The summed E-state index contributed by atoms with van der Waals surface area (Å²) in [6.07, 6.45) is 3.29. The molecule has 0 saturated carbocycles. The normalized spacial score (nSPS) is 20.2. The van der Waals surface area contributed by atoms with Gasteiger partial charge in [0.05, 0.1) is 0 Å². The van der Waals surface area contributed by atoms with Gasteiger partial charge in [0.25, 0.3) is 0 Å². The fourth-order valence-electron chi connectivity index (χ4n) is 4.67. The van der Waals surface area contributed by atoms with Crippen molar-refractivity contribution in [3.05, 3.63) is 58.1 Å². The number of fused-ring (bicyclic) bond motifs is 1. The molecule has 29 heavy (non-hydrogen) atoms. The molecule has 0 aliphatic carbocycles. The number of aryl methyl sites for hydroxylation is 3. The minimum absolute atomic E-state index is 0.412. The smallest absolute Gasteiger partial charge is 0.240 e. The molecule has 0 fully saturated rings. The summed E-state index contributed by atoms with van der Waals surface area (Å²) in [5.41, 5.74) is 4.93. The summed E-state index contributed by atoms with van der Waals surface area (Å²) in [7, 11) is 5.80. The number of phenolic OH excluding ortho intramolecular Hbond substituents is 1. The highest BCUT2D eigenvalue weighted by Gasteiger charge is 2.56. The van der Waals surface area contributed by atoms with Crippen LogP contribution in [0.15, 0.2) is 30.3 Å². The van der Waals surface area contributed by atoms with E-state index in [4.69, 9.17) is 4.74 Å². The molecule has 2 aromatic carbocycles. The zero-order valence-electron chi connectivity index (χ0n) is 18.6. The number of ether oxygens (including phenoxy) is 1. The Hall–Kier alpha value is -2.08. The van der Waals surface area contributed by atoms with E-state index in [2.05, 4.69) is 67.1 Å². The molecule has 0 spiro atoms. The second-order valence-electron chi connectivity index (χ2n) is 7.76. The minimum Gasteiger partial charge on any atom is -0.507 e. The van der Waals surface area contributed by atoms with Gasteiger partial charge in [-0.25, -0.2) is 0 Å². The molecule has 0 aromatic heterocycles. The van der Waals surface area contributed by atoms with Crippen molar-refractivity contribution in [2.45, 2.75) is 57.8 Å². The lowest BCUT2D eigenvalue weighted by atomic mass is 9.75. The lowest BCUT2D eigenvalue weighted by Gasteiger charge is -2.53. The van der Waals surface area contributed by atoms with Crippen LogP contribution < -0.4 is 20.7 Å². The number of rotatable bonds is 7. The van der Waals surface area contributed by atoms with Crippen molar-refractivity contribution in [3.8, 4) is 11.5 Å². The van der Waals surface area contributed by atoms with Crippen molar-refractivity contribution < 1.29 is 9.84 Å². The van der Waals surface area contributed by atoms with E-state index in [0.29, 0.717) is 5.75 Å². The standard InChI is InChI=1S/C24H35N3O2/c1-7-16-10-11-21-19(12-16)15-23(25-4,24(26-5,27-6)29-21)20-13-17(8-2)22(28)18(9-3)14-20/h10-14,25-28H,7-9,15H2,1-6H3. The molecule has 1 atom stereocenters. The molecule has 0 radical (unpaired) electrons. The van der Waals surface area contributed by atoms with E-state index in [1.807, 2.05) is 21.1 Å². The first kappa shape index (κ1) is 21.6. The van der Waals surface area contributed by atoms with Gasteiger partial charge in [-0.15, -0.1) is 0 Å². The highest BCUT2D eigenvalue weighted by molar-refractivity contribution is 5.50. The van der Waals surface area contributed by atoms with E-state index in [9.17, 15) is 5.11 Å². The maximum atomic E-state index is 10.7. The quantitative estimate of drug-likeness (QED) is 0.540. The average molecular weight is 398 g/mol. The van der Waals surface area contributed by atoms with Gasteiger partial charge >= 0.3 is 0 Å². The Morgan fingerprint density at radius 2 is 1.52 bits per heavy atom. The third kappa shape index (κ3) is 3.31. The van der Waals surface area contributed by atoms with Crippen LogP contribution in [0.1, 0.15) is 48.6 Å². The third-order valence-electron chi connectivity index (χ3n) is 6.51. The molecule has 0 saturated heterocycles. The van der Waals surface area contributed by atoms with Crippen molar-refractivity contribution in [1.82, 2.24) is 16.0 Å². The summed E-state index contributed by atoms with van der Waals surface area (Å²) < 4.78 is 6.61. The average Bonchev–Trinajstić information content (AvgIpc) is 2.77. The Kier molecular flexibility index (Phi) is 6.22. The molecule has 1 aliphatic heterocycles. The minimum atomic E-state index is -0.852. The summed E-state index contributed by atoms with van der Waals surface area (Å²) in [5, 5.41) is 21.1. The summed E-state index contributed by atoms with van der Waals surface area (Å²) in [4.78, 5) is 0. The van der Waals surface area contributed by atoms with E-state index in [-0.39, 0.29) is 0 Å². The largest absolute Gasteiger partial charge is 0.507 e. The van der Waals surface area contributed by atoms with Crippen LogP contribution in [-0.4, -0.2) is 32.1 Å². The van der Waals surface area contributed by atoms with Crippen LogP contribution >= 0.6 is 0 Å². The highest BCUT2D eigenvalue weighted by atomic mass is 16.5. The molecule has 3 rings (SSSR count). The number of hydrogen-bond donors (Lipinski definition) is 4. The molecule has 1 unspecified atom stereocenters. The first-order valence-corrected chi connectivity index (χ1v) is 10.7. The highest BCUT2D eigenvalue weighted by Crippen LogP contribution is 2.45. The maximum Gasteiger partial charge on any atom is 0.240 e. The van der Waals surface area contributed by atoms with Gasteiger partial charge in [-0.1, -0.05) is 32.9 Å². The van der Waals surface area contributed by atoms with E-state index >= 15 is 0 Å². The molecule has 5 heteroatoms. The lowest BCUT2D eigenvalue weighted by Crippen LogP contribution is -2.77. The summed E-state index contributed by atoms with van der Waals surface area (Å²) in [6, 6.07) is 10.7. The molecular weight excluding hydrogens is 362 g/mol. The summed E-state index contributed by atoms with van der Waals surface area (Å²) >= 11 is 0. The first-order valence-electron chi connectivity index (χ1n) is 10.7. The summed E-state index contributed by atoms with van der Waals surface area (Å²) in [6.45, 7) is 6.32. The fraction of sp³-hybridized carbons (Fsp3) is 0.500. The van der Waals surface area contributed by atoms with E-state index < -0.39 is 11.4 Å². The van der Waals surface area contributed by atoms with Crippen molar-refractivity contribution in [3.63, 3.8) is 0 Å². The second-order valence-corrected chi connectivity index (χ2v) is 7.76. The lowest BCUT2D eigenvalue weighted by molar-refractivity contribution is -0.0897. The van der Waals surface area contributed by atoms with Crippen LogP contribution in [0.2, 0.25) is 0 Å². The summed E-state index contributed by atoms with van der Waals surface area (Å²) in [5.74, 6) is 0.451. The zero-order valence-corrected chi connectivity index (χ0v) is 18.6. The topological polar surface area (TPSA) is 65.5 Å². The molecule has 1 aliphatic rings. The molecule has 0 amide bonds. The van der Waals surface area contributed by atoms with Gasteiger partial charge in [0.1, 0.15) is 17.0 Å². The number of phenols is 1. The first-order chi connectivity index (χ1) is 13.9. The Morgan fingerprint density at radius 3 is 2.00 bits per heavy atom.